The van der Waals surface area contributed by atoms with E-state index >= 15 is 0 Å². The normalized spacial score (nSPS) is 11.7. The molecule has 0 aromatic heterocycles. The molecule has 0 unspecified atom stereocenters. The van der Waals surface area contributed by atoms with Crippen molar-refractivity contribution >= 4 is 11.9 Å². The van der Waals surface area contributed by atoms with E-state index in [2.05, 4.69) is 0 Å². The molecule has 1 atom stereocenters. The van der Waals surface area contributed by atoms with Gasteiger partial charge in [0.25, 0.3) is 5.91 Å². The molecule has 4 nitrogen and oxygen atoms in total. The first-order valence-corrected chi connectivity index (χ1v) is 6.34. The Morgan fingerprint density at radius 1 is 1.10 bits per heavy atom. The zero-order chi connectivity index (χ0) is 15.2. The van der Waals surface area contributed by atoms with E-state index in [1.807, 2.05) is 0 Å². The van der Waals surface area contributed by atoms with E-state index < -0.39 is 23.8 Å². The van der Waals surface area contributed by atoms with Crippen LogP contribution in [0.3, 0.4) is 0 Å². The van der Waals surface area contributed by atoms with Crippen LogP contribution in [0.1, 0.15) is 17.2 Å². The lowest BCUT2D eigenvalue weighted by Crippen LogP contribution is -2.26. The molecule has 2 rings (SSSR count). The number of carbonyl (C=O) groups excluding carboxylic acids is 2. The van der Waals surface area contributed by atoms with Crippen LogP contribution in [0.5, 0.6) is 0 Å². The van der Waals surface area contributed by atoms with Gasteiger partial charge in [-0.3, -0.25) is 9.59 Å². The van der Waals surface area contributed by atoms with Crippen molar-refractivity contribution in [3.8, 4) is 0 Å². The summed E-state index contributed by atoms with van der Waals surface area (Å²) in [5.41, 5.74) is 6.22. The van der Waals surface area contributed by atoms with Gasteiger partial charge in [0.2, 0.25) is 6.10 Å². The van der Waals surface area contributed by atoms with Gasteiger partial charge in [-0.15, -0.1) is 0 Å². The van der Waals surface area contributed by atoms with Crippen molar-refractivity contribution < 1.29 is 18.7 Å². The zero-order valence-electron chi connectivity index (χ0n) is 11.2. The van der Waals surface area contributed by atoms with E-state index in [0.29, 0.717) is 11.1 Å². The second-order valence-corrected chi connectivity index (χ2v) is 4.49. The average molecular weight is 287 g/mol. The number of hydrogen-bond acceptors (Lipinski definition) is 3. The standard InChI is InChI=1S/C16H14FNO3/c17-13-8-4-5-11(9-13)10-14(19)21-15(16(18)20)12-6-2-1-3-7-12/h1-9,15H,10H2,(H2,18,20)/t15-/m0/s1. The Morgan fingerprint density at radius 3 is 2.43 bits per heavy atom. The fourth-order valence-electron chi connectivity index (χ4n) is 1.90. The summed E-state index contributed by atoms with van der Waals surface area (Å²) in [5.74, 6) is -1.84. The third-order valence-corrected chi connectivity index (χ3v) is 2.85. The Kier molecular flexibility index (Phi) is 4.66. The lowest BCUT2D eigenvalue weighted by Gasteiger charge is -2.15. The van der Waals surface area contributed by atoms with Crippen LogP contribution in [0.15, 0.2) is 54.6 Å². The Labute approximate surface area is 121 Å². The molecule has 5 heteroatoms. The van der Waals surface area contributed by atoms with Gasteiger partial charge >= 0.3 is 5.97 Å². The zero-order valence-corrected chi connectivity index (χ0v) is 11.2. The van der Waals surface area contributed by atoms with Crippen molar-refractivity contribution in [3.05, 3.63) is 71.5 Å². The first-order valence-electron chi connectivity index (χ1n) is 6.34. The summed E-state index contributed by atoms with van der Waals surface area (Å²) in [7, 11) is 0. The van der Waals surface area contributed by atoms with E-state index in [0.717, 1.165) is 0 Å². The molecular formula is C16H14FNO3. The minimum Gasteiger partial charge on any atom is -0.447 e. The highest BCUT2D eigenvalue weighted by Crippen LogP contribution is 2.18. The van der Waals surface area contributed by atoms with Crippen LogP contribution in [0.25, 0.3) is 0 Å². The molecule has 0 heterocycles. The Bertz CT molecular complexity index is 643. The summed E-state index contributed by atoms with van der Waals surface area (Å²) in [6.45, 7) is 0. The molecule has 2 N–H and O–H groups in total. The van der Waals surface area contributed by atoms with E-state index in [9.17, 15) is 14.0 Å². The van der Waals surface area contributed by atoms with Crippen molar-refractivity contribution in [1.82, 2.24) is 0 Å². The molecular weight excluding hydrogens is 273 g/mol. The minimum atomic E-state index is -1.15. The van der Waals surface area contributed by atoms with Crippen LogP contribution in [-0.2, 0) is 20.7 Å². The van der Waals surface area contributed by atoms with Gasteiger partial charge in [-0.25, -0.2) is 4.39 Å². The van der Waals surface area contributed by atoms with Crippen LogP contribution in [0.2, 0.25) is 0 Å². The molecule has 0 bridgehead atoms. The van der Waals surface area contributed by atoms with Gasteiger partial charge in [-0.1, -0.05) is 42.5 Å². The van der Waals surface area contributed by atoms with Gasteiger partial charge in [-0.05, 0) is 17.7 Å². The van der Waals surface area contributed by atoms with Crippen LogP contribution < -0.4 is 5.73 Å². The van der Waals surface area contributed by atoms with Crippen LogP contribution in [-0.4, -0.2) is 11.9 Å². The minimum absolute atomic E-state index is 0.131. The summed E-state index contributed by atoms with van der Waals surface area (Å²) >= 11 is 0. The average Bonchev–Trinajstić information content (AvgIpc) is 2.45. The number of benzene rings is 2. The third kappa shape index (κ3) is 4.14. The molecule has 0 spiro atoms. The number of primary amides is 1. The van der Waals surface area contributed by atoms with Crippen molar-refractivity contribution in [2.24, 2.45) is 5.73 Å². The van der Waals surface area contributed by atoms with E-state index in [1.165, 1.54) is 18.2 Å². The fraction of sp³-hybridized carbons (Fsp3) is 0.125. The van der Waals surface area contributed by atoms with Crippen molar-refractivity contribution in [2.45, 2.75) is 12.5 Å². The van der Waals surface area contributed by atoms with Gasteiger partial charge < -0.3 is 10.5 Å². The predicted molar refractivity (Wildman–Crippen MR) is 74.6 cm³/mol. The first-order chi connectivity index (χ1) is 10.1. The lowest BCUT2D eigenvalue weighted by molar-refractivity contribution is -0.154. The second kappa shape index (κ2) is 6.65. The molecule has 108 valence electrons. The number of amides is 1. The molecule has 0 fully saturated rings. The van der Waals surface area contributed by atoms with Crippen molar-refractivity contribution in [2.75, 3.05) is 0 Å². The first kappa shape index (κ1) is 14.7. The summed E-state index contributed by atoms with van der Waals surface area (Å²) < 4.78 is 18.2. The van der Waals surface area contributed by atoms with Crippen LogP contribution in [0.4, 0.5) is 4.39 Å². The molecule has 0 aliphatic heterocycles. The number of halogens is 1. The SMILES string of the molecule is NC(=O)[C@@H](OC(=O)Cc1cccc(F)c1)c1ccccc1. The van der Waals surface area contributed by atoms with E-state index in [1.54, 1.807) is 36.4 Å². The monoisotopic (exact) mass is 287 g/mol. The summed E-state index contributed by atoms with van der Waals surface area (Å²) in [6.07, 6.45) is -1.28. The fourth-order valence-corrected chi connectivity index (χ4v) is 1.90. The molecule has 2 aromatic rings. The number of hydrogen-bond donors (Lipinski definition) is 1. The molecule has 0 aliphatic rings. The molecule has 0 aliphatic carbocycles. The maximum atomic E-state index is 13.0. The molecule has 1 amide bonds. The number of nitrogens with two attached hydrogens (primary N) is 1. The molecule has 0 saturated heterocycles. The van der Waals surface area contributed by atoms with Gasteiger partial charge in [-0.2, -0.15) is 0 Å². The number of rotatable bonds is 5. The second-order valence-electron chi connectivity index (χ2n) is 4.49. The van der Waals surface area contributed by atoms with Crippen molar-refractivity contribution in [3.63, 3.8) is 0 Å². The maximum Gasteiger partial charge on any atom is 0.311 e. The number of ether oxygens (including phenoxy) is 1. The van der Waals surface area contributed by atoms with E-state index in [-0.39, 0.29) is 6.42 Å². The summed E-state index contributed by atoms with van der Waals surface area (Å²) in [6, 6.07) is 14.1. The predicted octanol–water partition coefficient (Wildman–Crippen LogP) is 2.14. The highest BCUT2D eigenvalue weighted by atomic mass is 19.1. The highest BCUT2D eigenvalue weighted by Gasteiger charge is 2.22. The highest BCUT2D eigenvalue weighted by molar-refractivity contribution is 5.84. The summed E-state index contributed by atoms with van der Waals surface area (Å²) in [5, 5.41) is 0. The van der Waals surface area contributed by atoms with Crippen molar-refractivity contribution in [1.29, 1.82) is 0 Å². The summed E-state index contributed by atoms with van der Waals surface area (Å²) in [4.78, 5) is 23.3. The molecule has 21 heavy (non-hydrogen) atoms. The maximum absolute atomic E-state index is 13.0. The number of carbonyl (C=O) groups is 2. The topological polar surface area (TPSA) is 69.4 Å². The Morgan fingerprint density at radius 2 is 1.81 bits per heavy atom. The quantitative estimate of drug-likeness (QED) is 0.856. The van der Waals surface area contributed by atoms with Gasteiger partial charge in [0.1, 0.15) is 5.82 Å². The number of esters is 1. The van der Waals surface area contributed by atoms with Gasteiger partial charge in [0, 0.05) is 5.56 Å². The van der Waals surface area contributed by atoms with Gasteiger partial charge in [0.05, 0.1) is 6.42 Å². The lowest BCUT2D eigenvalue weighted by atomic mass is 10.1. The van der Waals surface area contributed by atoms with Gasteiger partial charge in [0.15, 0.2) is 0 Å². The molecule has 2 aromatic carbocycles. The molecule has 0 saturated carbocycles. The van der Waals surface area contributed by atoms with Crippen LogP contribution >= 0.6 is 0 Å². The Hall–Kier alpha value is -2.69. The smallest absolute Gasteiger partial charge is 0.311 e. The van der Waals surface area contributed by atoms with Crippen LogP contribution in [0, 0.1) is 5.82 Å². The molecule has 0 radical (unpaired) electrons. The van der Waals surface area contributed by atoms with E-state index in [4.69, 9.17) is 10.5 Å². The Balaban J connectivity index is 2.07. The largest absolute Gasteiger partial charge is 0.447 e. The third-order valence-electron chi connectivity index (χ3n) is 2.85.